The van der Waals surface area contributed by atoms with Gasteiger partial charge in [0, 0.05) is 5.56 Å². The average Bonchev–Trinajstić information content (AvgIpc) is 2.84. The zero-order chi connectivity index (χ0) is 15.7. The summed E-state index contributed by atoms with van der Waals surface area (Å²) in [5.41, 5.74) is 1.44. The van der Waals surface area contributed by atoms with E-state index in [0.717, 1.165) is 5.56 Å². The molecule has 1 radical (unpaired) electrons. The third kappa shape index (κ3) is 3.76. The maximum atomic E-state index is 6.15. The van der Waals surface area contributed by atoms with Crippen LogP contribution in [0.4, 0.5) is 0 Å². The van der Waals surface area contributed by atoms with Crippen LogP contribution in [0.1, 0.15) is 26.5 Å². The zero-order valence-electron chi connectivity index (χ0n) is 13.2. The second kappa shape index (κ2) is 5.95. The molecule has 21 heavy (non-hydrogen) atoms. The number of hydrogen-bond donors (Lipinski definition) is 0. The van der Waals surface area contributed by atoms with E-state index in [4.69, 9.17) is 20.6 Å². The minimum Gasteiger partial charge on any atom is -0.409 e. The maximum Gasteiger partial charge on any atom is 0.192 e. The van der Waals surface area contributed by atoms with E-state index in [-0.39, 0.29) is 5.04 Å². The van der Waals surface area contributed by atoms with Crippen LogP contribution < -0.4 is 0 Å². The summed E-state index contributed by atoms with van der Waals surface area (Å²) < 4.78 is 11.4. The van der Waals surface area contributed by atoms with Crippen molar-refractivity contribution >= 4 is 19.9 Å². The molecule has 0 atom stereocenters. The van der Waals surface area contributed by atoms with E-state index in [1.807, 2.05) is 24.3 Å². The van der Waals surface area contributed by atoms with Gasteiger partial charge in [0.25, 0.3) is 0 Å². The van der Waals surface area contributed by atoms with E-state index in [2.05, 4.69) is 45.1 Å². The molecule has 1 aromatic heterocycles. The lowest BCUT2D eigenvalue weighted by Gasteiger charge is -2.35. The Kier molecular flexibility index (Phi) is 4.61. The standard InChI is InChI=1S/C16H21ClNO2Si/c1-16(2,3)21(4,5)19-11-12-10-15(18-20-12)13-8-6-7-9-14(13)17/h6-9H,11H2,1-5H3. The van der Waals surface area contributed by atoms with Gasteiger partial charge in [-0.25, -0.2) is 0 Å². The molecule has 0 amide bonds. The van der Waals surface area contributed by atoms with Gasteiger partial charge in [-0.2, -0.15) is 0 Å². The molecular weight excluding hydrogens is 302 g/mol. The lowest BCUT2D eigenvalue weighted by atomic mass is 10.1. The highest BCUT2D eigenvalue weighted by molar-refractivity contribution is 6.74. The summed E-state index contributed by atoms with van der Waals surface area (Å²) >= 11 is 6.15. The summed E-state index contributed by atoms with van der Waals surface area (Å²) in [4.78, 5) is 0. The van der Waals surface area contributed by atoms with Crippen molar-refractivity contribution in [1.82, 2.24) is 5.16 Å². The van der Waals surface area contributed by atoms with E-state index in [9.17, 15) is 0 Å². The van der Waals surface area contributed by atoms with E-state index in [1.165, 1.54) is 0 Å². The normalized spacial score (nSPS) is 12.7. The first-order valence-electron chi connectivity index (χ1n) is 6.97. The molecule has 0 unspecified atom stereocenters. The molecule has 0 aliphatic heterocycles. The molecule has 0 bridgehead atoms. The smallest absolute Gasteiger partial charge is 0.192 e. The van der Waals surface area contributed by atoms with Crippen molar-refractivity contribution < 1.29 is 8.95 Å². The minimum atomic E-state index is -1.80. The van der Waals surface area contributed by atoms with Gasteiger partial charge in [0.15, 0.2) is 14.1 Å². The SMILES string of the molecule is CC(C)(C)[Si](C)(C)OCc1[c]c(-c2ccccc2Cl)no1. The van der Waals surface area contributed by atoms with Crippen LogP contribution in [0.25, 0.3) is 11.3 Å². The van der Waals surface area contributed by atoms with Gasteiger partial charge in [-0.15, -0.1) is 0 Å². The van der Waals surface area contributed by atoms with Crippen molar-refractivity contribution in [3.8, 4) is 11.3 Å². The van der Waals surface area contributed by atoms with Gasteiger partial charge in [-0.1, -0.05) is 55.7 Å². The van der Waals surface area contributed by atoms with E-state index in [0.29, 0.717) is 23.1 Å². The van der Waals surface area contributed by atoms with Crippen molar-refractivity contribution in [2.45, 2.75) is 45.5 Å². The highest BCUT2D eigenvalue weighted by Gasteiger charge is 2.37. The van der Waals surface area contributed by atoms with Gasteiger partial charge in [0.1, 0.15) is 5.69 Å². The van der Waals surface area contributed by atoms with Gasteiger partial charge in [0.2, 0.25) is 0 Å². The topological polar surface area (TPSA) is 35.3 Å². The van der Waals surface area contributed by atoms with Crippen molar-refractivity contribution in [3.05, 3.63) is 41.1 Å². The molecule has 0 aliphatic carbocycles. The summed E-state index contributed by atoms with van der Waals surface area (Å²) in [6.45, 7) is 11.4. The first-order chi connectivity index (χ1) is 9.71. The van der Waals surface area contributed by atoms with Crippen LogP contribution in [-0.2, 0) is 11.0 Å². The molecule has 2 rings (SSSR count). The second-order valence-corrected chi connectivity index (χ2v) is 11.8. The lowest BCUT2D eigenvalue weighted by Crippen LogP contribution is -2.40. The molecule has 1 heterocycles. The van der Waals surface area contributed by atoms with Gasteiger partial charge in [-0.05, 0) is 24.2 Å². The number of hydrogen-bond acceptors (Lipinski definition) is 3. The number of benzene rings is 1. The number of nitrogens with zero attached hydrogens (tertiary/aromatic N) is 1. The third-order valence-corrected chi connectivity index (χ3v) is 8.81. The van der Waals surface area contributed by atoms with Crippen LogP contribution in [0.2, 0.25) is 23.2 Å². The predicted octanol–water partition coefficient (Wildman–Crippen LogP) is 5.32. The monoisotopic (exact) mass is 322 g/mol. The van der Waals surface area contributed by atoms with E-state index < -0.39 is 8.32 Å². The lowest BCUT2D eigenvalue weighted by molar-refractivity contribution is 0.229. The fourth-order valence-electron chi connectivity index (χ4n) is 1.57. The third-order valence-electron chi connectivity index (χ3n) is 4.00. The van der Waals surface area contributed by atoms with Crippen LogP contribution in [0.15, 0.2) is 28.8 Å². The molecule has 0 fully saturated rings. The van der Waals surface area contributed by atoms with Gasteiger partial charge in [0.05, 0.1) is 17.7 Å². The summed E-state index contributed by atoms with van der Waals surface area (Å²) in [7, 11) is -1.80. The van der Waals surface area contributed by atoms with E-state index >= 15 is 0 Å². The first-order valence-corrected chi connectivity index (χ1v) is 10.3. The summed E-state index contributed by atoms with van der Waals surface area (Å²) in [5, 5.41) is 4.83. The Morgan fingerprint density at radius 3 is 2.57 bits per heavy atom. The Balaban J connectivity index is 2.10. The number of halogens is 1. The largest absolute Gasteiger partial charge is 0.409 e. The quantitative estimate of drug-likeness (QED) is 0.715. The molecular formula is C16H21ClNO2Si. The van der Waals surface area contributed by atoms with Crippen LogP contribution in [-0.4, -0.2) is 13.5 Å². The Morgan fingerprint density at radius 1 is 1.29 bits per heavy atom. The molecule has 3 nitrogen and oxygen atoms in total. The Hall–Kier alpha value is -1.10. The highest BCUT2D eigenvalue weighted by Crippen LogP contribution is 2.37. The number of rotatable bonds is 4. The predicted molar refractivity (Wildman–Crippen MR) is 87.8 cm³/mol. The summed E-state index contributed by atoms with van der Waals surface area (Å²) in [5.74, 6) is 0.606. The van der Waals surface area contributed by atoms with Gasteiger partial charge >= 0.3 is 0 Å². The first kappa shape index (κ1) is 16.3. The molecule has 0 N–H and O–H groups in total. The molecule has 113 valence electrons. The fourth-order valence-corrected chi connectivity index (χ4v) is 2.72. The van der Waals surface area contributed by atoms with Crippen molar-refractivity contribution in [3.63, 3.8) is 0 Å². The molecule has 0 saturated heterocycles. The molecule has 5 heteroatoms. The Labute approximate surface area is 132 Å². The van der Waals surface area contributed by atoms with Gasteiger partial charge in [-0.3, -0.25) is 0 Å². The molecule has 2 aromatic rings. The van der Waals surface area contributed by atoms with E-state index in [1.54, 1.807) is 0 Å². The minimum absolute atomic E-state index is 0.165. The zero-order valence-corrected chi connectivity index (χ0v) is 14.9. The Morgan fingerprint density at radius 2 is 1.95 bits per heavy atom. The molecule has 0 saturated carbocycles. The van der Waals surface area contributed by atoms with Crippen LogP contribution in [0, 0.1) is 6.07 Å². The number of aromatic nitrogens is 1. The summed E-state index contributed by atoms with van der Waals surface area (Å²) in [6, 6.07) is 10.6. The van der Waals surface area contributed by atoms with Crippen molar-refractivity contribution in [2.24, 2.45) is 0 Å². The van der Waals surface area contributed by atoms with Gasteiger partial charge < -0.3 is 8.95 Å². The van der Waals surface area contributed by atoms with Crippen molar-refractivity contribution in [2.75, 3.05) is 0 Å². The van der Waals surface area contributed by atoms with Crippen molar-refractivity contribution in [1.29, 1.82) is 0 Å². The summed E-state index contributed by atoms with van der Waals surface area (Å²) in [6.07, 6.45) is 0. The fraction of sp³-hybridized carbons (Fsp3) is 0.438. The van der Waals surface area contributed by atoms with Crippen LogP contribution in [0.3, 0.4) is 0 Å². The molecule has 0 aliphatic rings. The second-order valence-electron chi connectivity index (χ2n) is 6.61. The molecule has 0 spiro atoms. The molecule has 1 aromatic carbocycles. The highest BCUT2D eigenvalue weighted by atomic mass is 35.5. The maximum absolute atomic E-state index is 6.15. The average molecular weight is 323 g/mol. The van der Waals surface area contributed by atoms with Crippen LogP contribution >= 0.6 is 11.6 Å². The Bertz CT molecular complexity index is 617. The van der Waals surface area contributed by atoms with Crippen LogP contribution in [0.5, 0.6) is 0 Å².